The summed E-state index contributed by atoms with van der Waals surface area (Å²) in [7, 11) is 0. The fourth-order valence-corrected chi connectivity index (χ4v) is 3.41. The third-order valence-corrected chi connectivity index (χ3v) is 4.45. The Kier molecular flexibility index (Phi) is 4.21. The molecule has 0 bridgehead atoms. The minimum Gasteiger partial charge on any atom is -0.478 e. The average Bonchev–Trinajstić information content (AvgIpc) is 3.03. The van der Waals surface area contributed by atoms with Crippen molar-refractivity contribution in [1.82, 2.24) is 9.80 Å². The summed E-state index contributed by atoms with van der Waals surface area (Å²) in [6, 6.07) is 5.81. The van der Waals surface area contributed by atoms with Crippen LogP contribution in [0.2, 0.25) is 0 Å². The molecule has 8 nitrogen and oxygen atoms in total. The lowest BCUT2D eigenvalue weighted by atomic mass is 10.0. The average molecular weight is 378 g/mol. The second kappa shape index (κ2) is 6.04. The first-order chi connectivity index (χ1) is 12.5. The highest BCUT2D eigenvalue weighted by molar-refractivity contribution is 6.23. The molecule has 0 spiro atoms. The van der Waals surface area contributed by atoms with Crippen LogP contribution in [0.25, 0.3) is 0 Å². The summed E-state index contributed by atoms with van der Waals surface area (Å²) in [4.78, 5) is 51.5. The normalized spacial score (nSPS) is 25.0. The van der Waals surface area contributed by atoms with Crippen molar-refractivity contribution in [3.63, 3.8) is 0 Å². The van der Waals surface area contributed by atoms with E-state index >= 15 is 0 Å². The standard InChI is InChI=1S/C18H19FN2O6/c1-17(2,3)27-16(26)20-9-10(19)8-18(20,15(24)25)21-13(22)11-6-4-5-7-12(11)14(21)23/h4-7,10H,8-9H2,1-3H3,(H,24,25)/t10-,18+/m0/s1. The molecule has 144 valence electrons. The van der Waals surface area contributed by atoms with Crippen LogP contribution >= 0.6 is 0 Å². The molecule has 2 heterocycles. The zero-order valence-corrected chi connectivity index (χ0v) is 15.1. The van der Waals surface area contributed by atoms with Crippen molar-refractivity contribution in [1.29, 1.82) is 0 Å². The number of nitrogens with zero attached hydrogens (tertiary/aromatic N) is 2. The number of imide groups is 1. The lowest BCUT2D eigenvalue weighted by Gasteiger charge is -2.40. The topological polar surface area (TPSA) is 104 Å². The molecule has 0 aliphatic carbocycles. The number of carboxylic acid groups (broad SMARTS) is 1. The number of benzene rings is 1. The minimum atomic E-state index is -2.49. The van der Waals surface area contributed by atoms with Gasteiger partial charge in [-0.15, -0.1) is 0 Å². The number of halogens is 1. The minimum absolute atomic E-state index is 0.00886. The number of amides is 3. The van der Waals surface area contributed by atoms with Gasteiger partial charge in [0.05, 0.1) is 17.7 Å². The maximum Gasteiger partial charge on any atom is 0.412 e. The summed E-state index contributed by atoms with van der Waals surface area (Å²) in [5, 5.41) is 9.91. The van der Waals surface area contributed by atoms with Gasteiger partial charge in [-0.1, -0.05) is 12.1 Å². The molecule has 3 amide bonds. The third kappa shape index (κ3) is 2.83. The maximum atomic E-state index is 14.3. The van der Waals surface area contributed by atoms with E-state index in [-0.39, 0.29) is 11.1 Å². The van der Waals surface area contributed by atoms with Crippen LogP contribution in [-0.4, -0.2) is 62.8 Å². The predicted octanol–water partition coefficient (Wildman–Crippen LogP) is 2.04. The Morgan fingerprint density at radius 1 is 1.19 bits per heavy atom. The molecule has 1 aromatic rings. The highest BCUT2D eigenvalue weighted by Crippen LogP contribution is 2.40. The van der Waals surface area contributed by atoms with E-state index in [9.17, 15) is 28.7 Å². The molecule has 1 saturated heterocycles. The van der Waals surface area contributed by atoms with Crippen LogP contribution in [0.4, 0.5) is 9.18 Å². The molecule has 0 saturated carbocycles. The fraction of sp³-hybridized carbons (Fsp3) is 0.444. The largest absolute Gasteiger partial charge is 0.478 e. The monoisotopic (exact) mass is 378 g/mol. The number of alkyl halides is 1. The predicted molar refractivity (Wildman–Crippen MR) is 89.8 cm³/mol. The second-order valence-corrected chi connectivity index (χ2v) is 7.51. The quantitative estimate of drug-likeness (QED) is 0.790. The summed E-state index contributed by atoms with van der Waals surface area (Å²) in [6.07, 6.45) is -3.58. The Morgan fingerprint density at radius 2 is 1.70 bits per heavy atom. The SMILES string of the molecule is CC(C)(C)OC(=O)N1C[C@@H](F)C[C@]1(C(=O)O)N1C(=O)c2ccccc2C1=O. The van der Waals surface area contributed by atoms with Gasteiger partial charge in [0.2, 0.25) is 5.66 Å². The van der Waals surface area contributed by atoms with E-state index in [0.717, 1.165) is 0 Å². The highest BCUT2D eigenvalue weighted by Gasteiger charge is 2.64. The van der Waals surface area contributed by atoms with Crippen molar-refractivity contribution in [3.05, 3.63) is 35.4 Å². The van der Waals surface area contributed by atoms with Crippen molar-refractivity contribution >= 4 is 23.9 Å². The van der Waals surface area contributed by atoms with Crippen LogP contribution in [-0.2, 0) is 9.53 Å². The molecular formula is C18H19FN2O6. The van der Waals surface area contributed by atoms with E-state index in [2.05, 4.69) is 0 Å². The van der Waals surface area contributed by atoms with Gasteiger partial charge in [-0.3, -0.25) is 14.5 Å². The van der Waals surface area contributed by atoms with Gasteiger partial charge in [0.25, 0.3) is 11.8 Å². The van der Waals surface area contributed by atoms with E-state index in [4.69, 9.17) is 4.74 Å². The number of carboxylic acids is 1. The van der Waals surface area contributed by atoms with Crippen LogP contribution in [0.1, 0.15) is 47.9 Å². The number of carbonyl (C=O) groups is 4. The van der Waals surface area contributed by atoms with Gasteiger partial charge in [-0.2, -0.15) is 0 Å². The molecule has 27 heavy (non-hydrogen) atoms. The van der Waals surface area contributed by atoms with Gasteiger partial charge >= 0.3 is 12.1 Å². The van der Waals surface area contributed by atoms with Crippen LogP contribution in [0.5, 0.6) is 0 Å². The van der Waals surface area contributed by atoms with Gasteiger partial charge < -0.3 is 9.84 Å². The molecule has 9 heteroatoms. The van der Waals surface area contributed by atoms with Crippen molar-refractivity contribution in [2.75, 3.05) is 6.54 Å². The first kappa shape index (κ1) is 18.8. The highest BCUT2D eigenvalue weighted by atomic mass is 19.1. The third-order valence-electron chi connectivity index (χ3n) is 4.45. The number of carbonyl (C=O) groups excluding carboxylic acids is 3. The zero-order valence-electron chi connectivity index (χ0n) is 15.1. The second-order valence-electron chi connectivity index (χ2n) is 7.51. The van der Waals surface area contributed by atoms with E-state index in [0.29, 0.717) is 9.80 Å². The van der Waals surface area contributed by atoms with Crippen molar-refractivity contribution in [2.24, 2.45) is 0 Å². The molecule has 1 fully saturated rings. The number of hydrogen-bond donors (Lipinski definition) is 1. The summed E-state index contributed by atoms with van der Waals surface area (Å²) < 4.78 is 19.5. The zero-order chi connectivity index (χ0) is 20.1. The summed E-state index contributed by atoms with van der Waals surface area (Å²) in [5.41, 5.74) is -3.45. The molecule has 2 aliphatic heterocycles. The number of rotatable bonds is 2. The molecule has 1 aromatic carbocycles. The van der Waals surface area contributed by atoms with E-state index in [1.165, 1.54) is 24.3 Å². The Hall–Kier alpha value is -2.97. The number of hydrogen-bond acceptors (Lipinski definition) is 5. The first-order valence-corrected chi connectivity index (χ1v) is 8.35. The van der Waals surface area contributed by atoms with E-state index in [1.54, 1.807) is 20.8 Å². The molecule has 0 unspecified atom stereocenters. The van der Waals surface area contributed by atoms with Crippen LogP contribution in [0.15, 0.2) is 24.3 Å². The molecule has 3 rings (SSSR count). The molecule has 0 radical (unpaired) electrons. The van der Waals surface area contributed by atoms with Crippen molar-refractivity contribution in [3.8, 4) is 0 Å². The van der Waals surface area contributed by atoms with Gasteiger partial charge in [-0.25, -0.2) is 18.9 Å². The molecule has 2 aliphatic rings. The van der Waals surface area contributed by atoms with Gasteiger partial charge in [0, 0.05) is 6.42 Å². The molecule has 0 aromatic heterocycles. The number of ether oxygens (including phenoxy) is 1. The molecule has 1 N–H and O–H groups in total. The molecule has 2 atom stereocenters. The van der Waals surface area contributed by atoms with Crippen LogP contribution < -0.4 is 0 Å². The van der Waals surface area contributed by atoms with Crippen molar-refractivity contribution < 1.29 is 33.4 Å². The summed E-state index contributed by atoms with van der Waals surface area (Å²) >= 11 is 0. The lowest BCUT2D eigenvalue weighted by Crippen LogP contribution is -2.66. The number of aliphatic carboxylic acids is 1. The first-order valence-electron chi connectivity index (χ1n) is 8.35. The van der Waals surface area contributed by atoms with Crippen LogP contribution in [0.3, 0.4) is 0 Å². The molecular weight excluding hydrogens is 359 g/mol. The van der Waals surface area contributed by atoms with E-state index in [1.807, 2.05) is 0 Å². The summed E-state index contributed by atoms with van der Waals surface area (Å²) in [6.45, 7) is 4.10. The fourth-order valence-electron chi connectivity index (χ4n) is 3.41. The number of likely N-dealkylation sites (tertiary alicyclic amines) is 1. The summed E-state index contributed by atoms with van der Waals surface area (Å²) in [5.74, 6) is -3.45. The van der Waals surface area contributed by atoms with Gasteiger partial charge in [0.1, 0.15) is 11.8 Å². The smallest absolute Gasteiger partial charge is 0.412 e. The number of fused-ring (bicyclic) bond motifs is 1. The Balaban J connectivity index is 2.10. The van der Waals surface area contributed by atoms with Gasteiger partial charge in [-0.05, 0) is 32.9 Å². The lowest BCUT2D eigenvalue weighted by molar-refractivity contribution is -0.157. The van der Waals surface area contributed by atoms with E-state index < -0.39 is 54.3 Å². The Morgan fingerprint density at radius 3 is 2.15 bits per heavy atom. The Labute approximate surface area is 154 Å². The van der Waals surface area contributed by atoms with Crippen LogP contribution in [0, 0.1) is 0 Å². The van der Waals surface area contributed by atoms with Gasteiger partial charge in [0.15, 0.2) is 0 Å². The maximum absolute atomic E-state index is 14.3. The Bertz CT molecular complexity index is 813. The van der Waals surface area contributed by atoms with Crippen molar-refractivity contribution in [2.45, 2.75) is 44.6 Å².